The van der Waals surface area contributed by atoms with Crippen molar-refractivity contribution >= 4 is 24.0 Å². The molecule has 1 aromatic carbocycles. The van der Waals surface area contributed by atoms with E-state index in [0.717, 1.165) is 0 Å². The van der Waals surface area contributed by atoms with Crippen LogP contribution in [0.25, 0.3) is 5.69 Å². The minimum Gasteiger partial charge on any atom is -0.380 e. The summed E-state index contributed by atoms with van der Waals surface area (Å²) >= 11 is 0. The summed E-state index contributed by atoms with van der Waals surface area (Å²) < 4.78 is 20.2. The lowest BCUT2D eigenvalue weighted by molar-refractivity contribution is -0.118. The number of aromatic nitrogens is 4. The van der Waals surface area contributed by atoms with Crippen LogP contribution >= 0.6 is 12.4 Å². The van der Waals surface area contributed by atoms with Crippen molar-refractivity contribution in [2.24, 2.45) is 5.73 Å². The van der Waals surface area contributed by atoms with Crippen molar-refractivity contribution in [3.63, 3.8) is 0 Å². The summed E-state index contributed by atoms with van der Waals surface area (Å²) in [7, 11) is 1.49. The highest BCUT2D eigenvalue weighted by molar-refractivity contribution is 5.91. The Kier molecular flexibility index (Phi) is 7.01. The second kappa shape index (κ2) is 8.51. The quantitative estimate of drug-likeness (QED) is 0.803. The predicted molar refractivity (Wildman–Crippen MR) is 84.2 cm³/mol. The maximum atomic E-state index is 13.9. The van der Waals surface area contributed by atoms with Crippen LogP contribution in [0.2, 0.25) is 0 Å². The highest BCUT2D eigenvalue weighted by Crippen LogP contribution is 2.19. The van der Waals surface area contributed by atoms with E-state index in [4.69, 9.17) is 10.5 Å². The molecule has 0 aliphatic heterocycles. The number of nitrogens with one attached hydrogen (secondary N) is 1. The number of ether oxygens (including phenoxy) is 1. The van der Waals surface area contributed by atoms with Gasteiger partial charge in [0.25, 0.3) is 0 Å². The Morgan fingerprint density at radius 2 is 2.26 bits per heavy atom. The molecule has 0 bridgehead atoms. The molecule has 126 valence electrons. The van der Waals surface area contributed by atoms with Crippen molar-refractivity contribution in [1.29, 1.82) is 0 Å². The number of methoxy groups -OCH3 is 1. The van der Waals surface area contributed by atoms with Gasteiger partial charge in [-0.1, -0.05) is 0 Å². The zero-order valence-electron chi connectivity index (χ0n) is 12.7. The Bertz CT molecular complexity index is 662. The van der Waals surface area contributed by atoms with Crippen LogP contribution in [-0.4, -0.2) is 45.9 Å². The Morgan fingerprint density at radius 3 is 2.83 bits per heavy atom. The molecule has 0 aliphatic rings. The molecule has 1 unspecified atom stereocenters. The Morgan fingerprint density at radius 1 is 1.52 bits per heavy atom. The number of hydrogen-bond acceptors (Lipinski definition) is 6. The lowest BCUT2D eigenvalue weighted by atomic mass is 10.2. The van der Waals surface area contributed by atoms with E-state index in [1.54, 1.807) is 6.92 Å². The molecule has 2 rings (SSSR count). The van der Waals surface area contributed by atoms with E-state index in [9.17, 15) is 9.18 Å². The zero-order chi connectivity index (χ0) is 16.1. The molecule has 1 aromatic heterocycles. The zero-order valence-corrected chi connectivity index (χ0v) is 13.5. The van der Waals surface area contributed by atoms with Crippen molar-refractivity contribution < 1.29 is 13.9 Å². The van der Waals surface area contributed by atoms with Gasteiger partial charge in [-0.05, 0) is 35.5 Å². The molecule has 0 fully saturated rings. The number of amides is 1. The fraction of sp³-hybridized carbons (Fsp3) is 0.385. The Labute approximate surface area is 138 Å². The number of hydrogen-bond donors (Lipinski definition) is 2. The van der Waals surface area contributed by atoms with Crippen LogP contribution in [0.4, 0.5) is 10.1 Å². The number of anilines is 1. The van der Waals surface area contributed by atoms with Gasteiger partial charge in [0.2, 0.25) is 5.91 Å². The third kappa shape index (κ3) is 4.68. The van der Waals surface area contributed by atoms with E-state index in [-0.39, 0.29) is 43.1 Å². The topological polar surface area (TPSA) is 108 Å². The van der Waals surface area contributed by atoms with Gasteiger partial charge < -0.3 is 15.8 Å². The molecule has 1 heterocycles. The highest BCUT2D eigenvalue weighted by Gasteiger charge is 2.14. The van der Waals surface area contributed by atoms with Gasteiger partial charge in [-0.3, -0.25) is 4.79 Å². The van der Waals surface area contributed by atoms with Crippen LogP contribution in [-0.2, 0) is 9.53 Å². The van der Waals surface area contributed by atoms with E-state index in [1.807, 2.05) is 0 Å². The molecule has 23 heavy (non-hydrogen) atoms. The molecular formula is C13H18ClFN6O2. The largest absolute Gasteiger partial charge is 0.380 e. The first-order chi connectivity index (χ1) is 10.5. The number of carbonyl (C=O) groups is 1. The van der Waals surface area contributed by atoms with Crippen LogP contribution in [0, 0.1) is 12.7 Å². The number of carbonyl (C=O) groups excluding carboxylic acids is 1. The number of aryl methyl sites for hydroxylation is 1. The van der Waals surface area contributed by atoms with Crippen LogP contribution in [0.5, 0.6) is 0 Å². The number of nitrogens with two attached hydrogens (primary N) is 1. The maximum absolute atomic E-state index is 13.9. The number of nitrogens with zero attached hydrogens (tertiary/aromatic N) is 4. The van der Waals surface area contributed by atoms with Gasteiger partial charge in [-0.25, -0.2) is 4.39 Å². The van der Waals surface area contributed by atoms with Gasteiger partial charge in [0.15, 0.2) is 5.82 Å². The van der Waals surface area contributed by atoms with E-state index in [0.29, 0.717) is 11.5 Å². The molecule has 1 atom stereocenters. The summed E-state index contributed by atoms with van der Waals surface area (Å²) in [6.45, 7) is 1.89. The Balaban J connectivity index is 0.00000264. The first-order valence-corrected chi connectivity index (χ1v) is 6.62. The average Bonchev–Trinajstić information content (AvgIpc) is 2.92. The van der Waals surface area contributed by atoms with Crippen molar-refractivity contribution in [3.8, 4) is 5.69 Å². The molecule has 1 amide bonds. The molecule has 10 heteroatoms. The molecule has 0 aliphatic carbocycles. The van der Waals surface area contributed by atoms with Gasteiger partial charge in [-0.15, -0.1) is 17.5 Å². The maximum Gasteiger partial charge on any atom is 0.227 e. The van der Waals surface area contributed by atoms with Crippen LogP contribution in [0.15, 0.2) is 18.2 Å². The summed E-state index contributed by atoms with van der Waals surface area (Å²) in [5.74, 6) is -0.335. The Hall–Kier alpha value is -2.10. The first kappa shape index (κ1) is 18.9. The van der Waals surface area contributed by atoms with Gasteiger partial charge in [0.05, 0.1) is 12.5 Å². The predicted octanol–water partition coefficient (Wildman–Crippen LogP) is 0.834. The minimum absolute atomic E-state index is 0. The van der Waals surface area contributed by atoms with Crippen LogP contribution in [0.1, 0.15) is 12.2 Å². The number of halogens is 2. The summed E-state index contributed by atoms with van der Waals surface area (Å²) in [6.07, 6.45) is -0.245. The standard InChI is InChI=1S/C13H17FN6O2.ClH/c1-8-17-18-19-20(8)12-5-9(3-4-11(12)14)16-13(21)6-10(7-15)22-2;/h3-5,10H,6-7,15H2,1-2H3,(H,16,21);1H. The smallest absolute Gasteiger partial charge is 0.227 e. The normalized spacial score (nSPS) is 11.7. The molecule has 8 nitrogen and oxygen atoms in total. The second-order valence-electron chi connectivity index (χ2n) is 4.65. The van der Waals surface area contributed by atoms with Gasteiger partial charge in [0, 0.05) is 19.3 Å². The lowest BCUT2D eigenvalue weighted by Gasteiger charge is -2.13. The molecule has 0 saturated carbocycles. The van der Waals surface area contributed by atoms with E-state index < -0.39 is 5.82 Å². The first-order valence-electron chi connectivity index (χ1n) is 6.62. The lowest BCUT2D eigenvalue weighted by Crippen LogP contribution is -2.28. The monoisotopic (exact) mass is 344 g/mol. The molecular weight excluding hydrogens is 327 g/mol. The van der Waals surface area contributed by atoms with Gasteiger partial charge >= 0.3 is 0 Å². The third-order valence-electron chi connectivity index (χ3n) is 3.09. The summed E-state index contributed by atoms with van der Waals surface area (Å²) in [6, 6.07) is 4.16. The number of benzene rings is 1. The molecule has 3 N–H and O–H groups in total. The fourth-order valence-electron chi connectivity index (χ4n) is 1.89. The average molecular weight is 345 g/mol. The van der Waals surface area contributed by atoms with Crippen LogP contribution in [0.3, 0.4) is 0 Å². The summed E-state index contributed by atoms with van der Waals surface area (Å²) in [4.78, 5) is 11.9. The summed E-state index contributed by atoms with van der Waals surface area (Å²) in [5, 5.41) is 13.5. The molecule has 2 aromatic rings. The number of rotatable bonds is 6. The molecule has 0 radical (unpaired) electrons. The van der Waals surface area contributed by atoms with E-state index in [1.165, 1.54) is 30.0 Å². The number of tetrazole rings is 1. The highest BCUT2D eigenvalue weighted by atomic mass is 35.5. The fourth-order valence-corrected chi connectivity index (χ4v) is 1.89. The van der Waals surface area contributed by atoms with Crippen molar-refractivity contribution in [2.45, 2.75) is 19.4 Å². The third-order valence-corrected chi connectivity index (χ3v) is 3.09. The van der Waals surface area contributed by atoms with Crippen LogP contribution < -0.4 is 11.1 Å². The summed E-state index contributed by atoms with van der Waals surface area (Å²) in [5.41, 5.74) is 6.06. The minimum atomic E-state index is -0.495. The SMILES string of the molecule is COC(CN)CC(=O)Nc1ccc(F)c(-n2nnnc2C)c1.Cl. The van der Waals surface area contributed by atoms with Crippen molar-refractivity contribution in [2.75, 3.05) is 19.0 Å². The molecule has 0 spiro atoms. The van der Waals surface area contributed by atoms with Crippen molar-refractivity contribution in [1.82, 2.24) is 20.2 Å². The van der Waals surface area contributed by atoms with E-state index in [2.05, 4.69) is 20.8 Å². The van der Waals surface area contributed by atoms with Gasteiger partial charge in [-0.2, -0.15) is 4.68 Å². The van der Waals surface area contributed by atoms with E-state index >= 15 is 0 Å². The second-order valence-corrected chi connectivity index (χ2v) is 4.65. The van der Waals surface area contributed by atoms with Gasteiger partial charge in [0.1, 0.15) is 11.5 Å². The van der Waals surface area contributed by atoms with Crippen molar-refractivity contribution in [3.05, 3.63) is 29.8 Å². The molecule has 0 saturated heterocycles.